The van der Waals surface area contributed by atoms with E-state index in [0.29, 0.717) is 6.61 Å². The lowest BCUT2D eigenvalue weighted by atomic mass is 10.2. The molecule has 0 aliphatic heterocycles. The largest absolute Gasteiger partial charge is 0.383 e. The van der Waals surface area contributed by atoms with Gasteiger partial charge in [0.2, 0.25) is 5.56 Å². The first kappa shape index (κ1) is 13.9. The Morgan fingerprint density at radius 1 is 1.59 bits per heavy atom. The van der Waals surface area contributed by atoms with Crippen LogP contribution in [0.1, 0.15) is 16.9 Å². The van der Waals surface area contributed by atoms with E-state index in [9.17, 15) is 9.59 Å². The molecule has 1 amide bonds. The summed E-state index contributed by atoms with van der Waals surface area (Å²) >= 11 is 3.31. The molecular formula is C11H15BrN2O3. The molecule has 1 atom stereocenters. The zero-order valence-corrected chi connectivity index (χ0v) is 11.1. The van der Waals surface area contributed by atoms with Gasteiger partial charge in [0.25, 0.3) is 5.91 Å². The Morgan fingerprint density at radius 2 is 2.35 bits per heavy atom. The number of aromatic amines is 1. The summed E-state index contributed by atoms with van der Waals surface area (Å²) in [4.78, 5) is 25.3. The Labute approximate surface area is 108 Å². The molecule has 0 radical (unpaired) electrons. The number of nitrogens with one attached hydrogen (secondary N) is 2. The van der Waals surface area contributed by atoms with Crippen molar-refractivity contribution in [3.8, 4) is 0 Å². The van der Waals surface area contributed by atoms with Gasteiger partial charge in [-0.3, -0.25) is 9.59 Å². The highest BCUT2D eigenvalue weighted by Gasteiger charge is 2.13. The van der Waals surface area contributed by atoms with Crippen LogP contribution >= 0.6 is 15.9 Å². The van der Waals surface area contributed by atoms with Crippen LogP contribution in [0.4, 0.5) is 0 Å². The molecule has 94 valence electrons. The fourth-order valence-corrected chi connectivity index (χ4v) is 1.93. The smallest absolute Gasteiger partial charge is 0.268 e. The predicted molar refractivity (Wildman–Crippen MR) is 68.6 cm³/mol. The van der Waals surface area contributed by atoms with Crippen LogP contribution in [0.3, 0.4) is 0 Å². The molecule has 0 saturated carbocycles. The number of amides is 1. The lowest BCUT2D eigenvalue weighted by Gasteiger charge is -2.16. The maximum Gasteiger partial charge on any atom is 0.268 e. The van der Waals surface area contributed by atoms with Crippen LogP contribution in [0.5, 0.6) is 0 Å². The average Bonchev–Trinajstić information content (AvgIpc) is 2.29. The Balaban J connectivity index is 2.66. The average molecular weight is 303 g/mol. The van der Waals surface area contributed by atoms with Crippen molar-refractivity contribution in [2.75, 3.05) is 19.0 Å². The number of aromatic nitrogens is 1. The molecule has 0 aromatic carbocycles. The number of carbonyl (C=O) groups is 1. The van der Waals surface area contributed by atoms with Gasteiger partial charge >= 0.3 is 0 Å². The Kier molecular flexibility index (Phi) is 5.93. The van der Waals surface area contributed by atoms with Crippen LogP contribution in [0.2, 0.25) is 0 Å². The maximum absolute atomic E-state index is 11.8. The summed E-state index contributed by atoms with van der Waals surface area (Å²) in [5.41, 5.74) is -0.0328. The molecule has 0 bridgehead atoms. The Hall–Kier alpha value is -1.14. The molecule has 1 rings (SSSR count). The van der Waals surface area contributed by atoms with Crippen molar-refractivity contribution in [1.82, 2.24) is 10.3 Å². The van der Waals surface area contributed by atoms with Gasteiger partial charge in [-0.25, -0.2) is 0 Å². The van der Waals surface area contributed by atoms with Crippen molar-refractivity contribution in [2.45, 2.75) is 12.5 Å². The molecule has 0 aliphatic rings. The minimum atomic E-state index is -0.300. The first-order chi connectivity index (χ1) is 8.17. The van der Waals surface area contributed by atoms with Crippen molar-refractivity contribution in [3.63, 3.8) is 0 Å². The number of ether oxygens (including phenoxy) is 1. The number of hydrogen-bond donors (Lipinski definition) is 2. The molecular weight excluding hydrogens is 288 g/mol. The van der Waals surface area contributed by atoms with E-state index >= 15 is 0 Å². The molecule has 1 aromatic heterocycles. The van der Waals surface area contributed by atoms with Gasteiger partial charge in [0, 0.05) is 18.5 Å². The number of carbonyl (C=O) groups excluding carboxylic acids is 1. The summed E-state index contributed by atoms with van der Waals surface area (Å²) in [6.45, 7) is 0.439. The van der Waals surface area contributed by atoms with Crippen LogP contribution < -0.4 is 10.9 Å². The fraction of sp³-hybridized carbons (Fsp3) is 0.455. The molecule has 0 spiro atoms. The fourth-order valence-electron chi connectivity index (χ4n) is 1.37. The van der Waals surface area contributed by atoms with Crippen molar-refractivity contribution in [1.29, 1.82) is 0 Å². The highest BCUT2D eigenvalue weighted by Crippen LogP contribution is 1.99. The zero-order valence-electron chi connectivity index (χ0n) is 9.53. The minimum absolute atomic E-state index is 0.0735. The van der Waals surface area contributed by atoms with Gasteiger partial charge in [-0.2, -0.15) is 0 Å². The van der Waals surface area contributed by atoms with Gasteiger partial charge in [-0.1, -0.05) is 22.0 Å². The molecule has 6 heteroatoms. The third-order valence-corrected chi connectivity index (χ3v) is 2.63. The quantitative estimate of drug-likeness (QED) is 0.767. The van der Waals surface area contributed by atoms with Crippen LogP contribution in [0, 0.1) is 0 Å². The second-order valence-electron chi connectivity index (χ2n) is 3.53. The van der Waals surface area contributed by atoms with Crippen molar-refractivity contribution in [2.24, 2.45) is 0 Å². The molecule has 5 nitrogen and oxygen atoms in total. The number of rotatable bonds is 6. The van der Waals surface area contributed by atoms with Gasteiger partial charge in [0.15, 0.2) is 0 Å². The summed E-state index contributed by atoms with van der Waals surface area (Å²) in [6.07, 6.45) is 0.761. The molecule has 0 fully saturated rings. The molecule has 17 heavy (non-hydrogen) atoms. The van der Waals surface area contributed by atoms with E-state index in [0.717, 1.165) is 11.8 Å². The highest BCUT2D eigenvalue weighted by atomic mass is 79.9. The molecule has 0 aliphatic carbocycles. The van der Waals surface area contributed by atoms with Gasteiger partial charge in [0.05, 0.1) is 12.6 Å². The van der Waals surface area contributed by atoms with Crippen LogP contribution in [-0.4, -0.2) is 36.0 Å². The van der Waals surface area contributed by atoms with Crippen LogP contribution in [0.25, 0.3) is 0 Å². The summed E-state index contributed by atoms with van der Waals surface area (Å²) < 4.78 is 5.01. The number of H-pyrrole nitrogens is 1. The normalized spacial score (nSPS) is 12.1. The second kappa shape index (κ2) is 7.24. The minimum Gasteiger partial charge on any atom is -0.383 e. The molecule has 1 aromatic rings. The number of pyridine rings is 1. The van der Waals surface area contributed by atoms with Crippen LogP contribution in [0.15, 0.2) is 23.0 Å². The van der Waals surface area contributed by atoms with E-state index < -0.39 is 0 Å². The van der Waals surface area contributed by atoms with Gasteiger partial charge in [-0.15, -0.1) is 0 Å². The summed E-state index contributed by atoms with van der Waals surface area (Å²) in [6, 6.07) is 4.40. The van der Waals surface area contributed by atoms with Crippen molar-refractivity contribution < 1.29 is 9.53 Å². The van der Waals surface area contributed by atoms with Gasteiger partial charge < -0.3 is 15.0 Å². The Bertz CT molecular complexity index is 413. The first-order valence-electron chi connectivity index (χ1n) is 5.22. The number of hydrogen-bond acceptors (Lipinski definition) is 3. The zero-order chi connectivity index (χ0) is 12.7. The summed E-state index contributed by atoms with van der Waals surface area (Å²) in [7, 11) is 1.58. The van der Waals surface area contributed by atoms with Crippen molar-refractivity contribution >= 4 is 21.8 Å². The summed E-state index contributed by atoms with van der Waals surface area (Å²) in [5.74, 6) is -0.300. The number of methoxy groups -OCH3 is 1. The molecule has 1 unspecified atom stereocenters. The topological polar surface area (TPSA) is 71.2 Å². The van der Waals surface area contributed by atoms with Crippen LogP contribution in [-0.2, 0) is 4.74 Å². The summed E-state index contributed by atoms with van der Waals surface area (Å²) in [5, 5.41) is 3.57. The molecule has 0 saturated heterocycles. The highest BCUT2D eigenvalue weighted by molar-refractivity contribution is 9.09. The van der Waals surface area contributed by atoms with E-state index in [1.165, 1.54) is 6.07 Å². The van der Waals surface area contributed by atoms with Crippen molar-refractivity contribution in [3.05, 3.63) is 34.2 Å². The third kappa shape index (κ3) is 4.70. The lowest BCUT2D eigenvalue weighted by Crippen LogP contribution is -2.39. The maximum atomic E-state index is 11.8. The molecule has 1 heterocycles. The van der Waals surface area contributed by atoms with E-state index in [2.05, 4.69) is 26.2 Å². The van der Waals surface area contributed by atoms with Gasteiger partial charge in [0.1, 0.15) is 5.69 Å². The Morgan fingerprint density at radius 3 is 2.94 bits per heavy atom. The van der Waals surface area contributed by atoms with Gasteiger partial charge in [-0.05, 0) is 12.5 Å². The lowest BCUT2D eigenvalue weighted by molar-refractivity contribution is 0.0890. The predicted octanol–water partition coefficient (Wildman–Crippen LogP) is 0.905. The van der Waals surface area contributed by atoms with E-state index in [1.54, 1.807) is 19.2 Å². The van der Waals surface area contributed by atoms with E-state index in [-0.39, 0.29) is 23.2 Å². The number of alkyl halides is 1. The number of halogens is 1. The second-order valence-corrected chi connectivity index (χ2v) is 4.33. The third-order valence-electron chi connectivity index (χ3n) is 2.17. The SMILES string of the molecule is COCC(CCBr)NC(=O)c1cccc(=O)[nH]1. The first-order valence-corrected chi connectivity index (χ1v) is 6.34. The standard InChI is InChI=1S/C11H15BrN2O3/c1-17-7-8(5-6-12)13-11(16)9-3-2-4-10(15)14-9/h2-4,8H,5-7H2,1H3,(H,13,16)(H,14,15). The molecule has 2 N–H and O–H groups in total. The van der Waals surface area contributed by atoms with E-state index in [4.69, 9.17) is 4.74 Å². The monoisotopic (exact) mass is 302 g/mol. The van der Waals surface area contributed by atoms with E-state index in [1.807, 2.05) is 0 Å².